The van der Waals surface area contributed by atoms with Crippen LogP contribution in [0, 0.1) is 5.92 Å². The van der Waals surface area contributed by atoms with E-state index < -0.39 is 0 Å². The Hall–Kier alpha value is -3.26. The largest absolute Gasteiger partial charge is 0.382 e. The summed E-state index contributed by atoms with van der Waals surface area (Å²) in [5.41, 5.74) is 5.43. The Balaban J connectivity index is 1.28. The second-order valence-electron chi connectivity index (χ2n) is 12.8. The summed E-state index contributed by atoms with van der Waals surface area (Å²) < 4.78 is 2.01. The highest BCUT2D eigenvalue weighted by molar-refractivity contribution is 6.03. The van der Waals surface area contributed by atoms with Crippen molar-refractivity contribution in [2.24, 2.45) is 13.0 Å². The van der Waals surface area contributed by atoms with Crippen LogP contribution in [-0.4, -0.2) is 37.7 Å². The van der Waals surface area contributed by atoms with Gasteiger partial charge in [0.15, 0.2) is 0 Å². The fourth-order valence-electron chi connectivity index (χ4n) is 6.61. The van der Waals surface area contributed by atoms with Gasteiger partial charge in [-0.25, -0.2) is 4.98 Å². The van der Waals surface area contributed by atoms with Gasteiger partial charge < -0.3 is 20.5 Å². The summed E-state index contributed by atoms with van der Waals surface area (Å²) in [5.74, 6) is 1.41. The number of aryl methyl sites for hydroxylation is 1. The lowest BCUT2D eigenvalue weighted by molar-refractivity contribution is 0.102. The predicted octanol–water partition coefficient (Wildman–Crippen LogP) is 4.91. The van der Waals surface area contributed by atoms with Gasteiger partial charge >= 0.3 is 0 Å². The number of rotatable bonds is 7. The smallest absolute Gasteiger partial charge is 0.274 e. The Morgan fingerprint density at radius 2 is 1.97 bits per heavy atom. The van der Waals surface area contributed by atoms with Crippen molar-refractivity contribution in [2.45, 2.75) is 82.7 Å². The molecule has 3 heterocycles. The molecule has 38 heavy (non-hydrogen) atoms. The van der Waals surface area contributed by atoms with Crippen LogP contribution >= 0.6 is 0 Å². The summed E-state index contributed by atoms with van der Waals surface area (Å²) >= 11 is 0. The molecule has 8 nitrogen and oxygen atoms in total. The van der Waals surface area contributed by atoms with E-state index in [9.17, 15) is 4.79 Å². The van der Waals surface area contributed by atoms with Gasteiger partial charge in [0, 0.05) is 36.8 Å². The van der Waals surface area contributed by atoms with Gasteiger partial charge in [-0.2, -0.15) is 0 Å². The van der Waals surface area contributed by atoms with E-state index in [4.69, 9.17) is 4.98 Å². The molecule has 8 heteroatoms. The lowest BCUT2D eigenvalue weighted by atomic mass is 9.58. The SMILES string of the molecule is Cn1cnnc1[C@]1(c2cccc(NC(=O)c3cc(CNC4(C)CCC4)c4c(n3)C(C)(C)CN4)c2)C[C@H](C)C1. The minimum Gasteiger partial charge on any atom is -0.382 e. The van der Waals surface area contributed by atoms with Crippen molar-refractivity contribution in [1.29, 1.82) is 0 Å². The average molecular weight is 514 g/mol. The van der Waals surface area contributed by atoms with Gasteiger partial charge in [0.25, 0.3) is 5.91 Å². The fourth-order valence-corrected chi connectivity index (χ4v) is 6.61. The molecule has 0 spiro atoms. The van der Waals surface area contributed by atoms with E-state index in [1.807, 2.05) is 29.8 Å². The molecule has 0 unspecified atom stereocenters. The molecule has 2 aliphatic carbocycles. The molecular formula is C30H39N7O. The maximum absolute atomic E-state index is 13.6. The zero-order chi connectivity index (χ0) is 26.7. The molecule has 3 aliphatic rings. The van der Waals surface area contributed by atoms with E-state index in [1.54, 1.807) is 6.33 Å². The molecule has 200 valence electrons. The number of hydrogen-bond acceptors (Lipinski definition) is 6. The summed E-state index contributed by atoms with van der Waals surface area (Å²) in [6.45, 7) is 10.5. The Kier molecular flexibility index (Phi) is 5.87. The number of carbonyl (C=O) groups excluding carboxylic acids is 1. The van der Waals surface area contributed by atoms with Gasteiger partial charge in [-0.3, -0.25) is 4.79 Å². The molecule has 1 aromatic carbocycles. The number of fused-ring (bicyclic) bond motifs is 1. The summed E-state index contributed by atoms with van der Waals surface area (Å²) in [6.07, 6.45) is 7.45. The Morgan fingerprint density at radius 3 is 2.63 bits per heavy atom. The highest BCUT2D eigenvalue weighted by Crippen LogP contribution is 2.51. The molecule has 3 N–H and O–H groups in total. The molecule has 2 aromatic heterocycles. The molecule has 2 saturated carbocycles. The molecule has 0 atom stereocenters. The lowest BCUT2D eigenvalue weighted by Crippen LogP contribution is -2.47. The third-order valence-corrected chi connectivity index (χ3v) is 9.05. The first-order valence-corrected chi connectivity index (χ1v) is 13.9. The third kappa shape index (κ3) is 4.19. The summed E-state index contributed by atoms with van der Waals surface area (Å²) in [7, 11) is 2.00. The highest BCUT2D eigenvalue weighted by atomic mass is 16.1. The predicted molar refractivity (Wildman–Crippen MR) is 149 cm³/mol. The standard InChI is InChI=1S/C30H39N7O/c1-19-14-30(15-19,27-36-33-18-37(27)5)21-8-6-9-22(13-21)34-26(38)23-12-20(16-32-29(4)10-7-11-29)24-25(35-23)28(2,3)17-31-24/h6,8-9,12-13,18-19,31-32H,7,10-11,14-17H2,1-5H3,(H,34,38)/t19-,30+. The van der Waals surface area contributed by atoms with E-state index in [0.29, 0.717) is 11.6 Å². The number of nitrogens with one attached hydrogen (secondary N) is 3. The molecule has 0 bridgehead atoms. The van der Waals surface area contributed by atoms with Crippen molar-refractivity contribution in [2.75, 3.05) is 17.2 Å². The second-order valence-corrected chi connectivity index (χ2v) is 12.8. The average Bonchev–Trinajstić information content (AvgIpc) is 3.41. The Bertz CT molecular complexity index is 1380. The van der Waals surface area contributed by atoms with E-state index in [2.05, 4.69) is 66.0 Å². The molecule has 6 rings (SSSR count). The van der Waals surface area contributed by atoms with Crippen LogP contribution in [0.5, 0.6) is 0 Å². The quantitative estimate of drug-likeness (QED) is 0.415. The first kappa shape index (κ1) is 25.0. The molecule has 0 saturated heterocycles. The first-order valence-electron chi connectivity index (χ1n) is 13.9. The van der Waals surface area contributed by atoms with Crippen LogP contribution in [0.1, 0.15) is 92.9 Å². The number of nitrogens with zero attached hydrogens (tertiary/aromatic N) is 4. The van der Waals surface area contributed by atoms with Crippen molar-refractivity contribution in [1.82, 2.24) is 25.1 Å². The van der Waals surface area contributed by atoms with Gasteiger partial charge in [-0.15, -0.1) is 10.2 Å². The van der Waals surface area contributed by atoms with Gasteiger partial charge in [-0.1, -0.05) is 32.9 Å². The van der Waals surface area contributed by atoms with Crippen LogP contribution in [-0.2, 0) is 24.4 Å². The normalized spacial score (nSPS) is 24.6. The molecule has 3 aromatic rings. The highest BCUT2D eigenvalue weighted by Gasteiger charge is 2.48. The van der Waals surface area contributed by atoms with Crippen LogP contribution in [0.3, 0.4) is 0 Å². The van der Waals surface area contributed by atoms with Crippen LogP contribution in [0.4, 0.5) is 11.4 Å². The molecule has 2 fully saturated rings. The van der Waals surface area contributed by atoms with Crippen LogP contribution in [0.25, 0.3) is 0 Å². The van der Waals surface area contributed by atoms with E-state index in [0.717, 1.165) is 60.0 Å². The van der Waals surface area contributed by atoms with Crippen molar-refractivity contribution < 1.29 is 4.79 Å². The van der Waals surface area contributed by atoms with Gasteiger partial charge in [0.1, 0.15) is 17.8 Å². The molecule has 1 amide bonds. The first-order chi connectivity index (χ1) is 18.1. The van der Waals surface area contributed by atoms with Gasteiger partial charge in [0.05, 0.1) is 16.8 Å². The Labute approximate surface area is 225 Å². The zero-order valence-electron chi connectivity index (χ0n) is 23.2. The van der Waals surface area contributed by atoms with Gasteiger partial charge in [0.2, 0.25) is 0 Å². The number of pyridine rings is 1. The minimum atomic E-state index is -0.182. The number of benzene rings is 1. The fraction of sp³-hybridized carbons (Fsp3) is 0.533. The van der Waals surface area contributed by atoms with Crippen molar-refractivity contribution in [3.05, 3.63) is 65.0 Å². The second kappa shape index (κ2) is 8.90. The third-order valence-electron chi connectivity index (χ3n) is 9.05. The number of hydrogen-bond donors (Lipinski definition) is 3. The summed E-state index contributed by atoms with van der Waals surface area (Å²) in [4.78, 5) is 18.5. The topological polar surface area (TPSA) is 96.8 Å². The van der Waals surface area contributed by atoms with E-state index >= 15 is 0 Å². The summed E-state index contributed by atoms with van der Waals surface area (Å²) in [6, 6.07) is 10.2. The van der Waals surface area contributed by atoms with E-state index in [1.165, 1.54) is 19.3 Å². The van der Waals surface area contributed by atoms with Crippen molar-refractivity contribution in [3.63, 3.8) is 0 Å². The van der Waals surface area contributed by atoms with Crippen molar-refractivity contribution in [3.8, 4) is 0 Å². The maximum Gasteiger partial charge on any atom is 0.274 e. The number of anilines is 2. The van der Waals surface area contributed by atoms with Crippen LogP contribution in [0.15, 0.2) is 36.7 Å². The van der Waals surface area contributed by atoms with Crippen LogP contribution < -0.4 is 16.0 Å². The Morgan fingerprint density at radius 1 is 1.18 bits per heavy atom. The van der Waals surface area contributed by atoms with Crippen molar-refractivity contribution >= 4 is 17.3 Å². The van der Waals surface area contributed by atoms with Crippen LogP contribution in [0.2, 0.25) is 0 Å². The molecule has 1 aliphatic heterocycles. The number of aromatic nitrogens is 4. The molecular weight excluding hydrogens is 474 g/mol. The number of amides is 1. The molecule has 0 radical (unpaired) electrons. The lowest BCUT2D eigenvalue weighted by Gasteiger charge is -2.46. The maximum atomic E-state index is 13.6. The zero-order valence-corrected chi connectivity index (χ0v) is 23.2. The monoisotopic (exact) mass is 513 g/mol. The minimum absolute atomic E-state index is 0.135. The number of carbonyl (C=O) groups is 1. The van der Waals surface area contributed by atoms with E-state index in [-0.39, 0.29) is 22.3 Å². The summed E-state index contributed by atoms with van der Waals surface area (Å²) in [5, 5.41) is 19.0. The van der Waals surface area contributed by atoms with Gasteiger partial charge in [-0.05, 0) is 74.3 Å².